The topological polar surface area (TPSA) is 59.5 Å². The first kappa shape index (κ1) is 25.6. The zero-order chi connectivity index (χ0) is 27.1. The summed E-state index contributed by atoms with van der Waals surface area (Å²) in [7, 11) is 0. The number of ether oxygens (including phenoxy) is 1. The first-order chi connectivity index (χ1) is 18.9. The highest BCUT2D eigenvalue weighted by Crippen LogP contribution is 2.38. The van der Waals surface area contributed by atoms with Crippen molar-refractivity contribution >= 4 is 63.3 Å². The van der Waals surface area contributed by atoms with Gasteiger partial charge >= 0.3 is 5.97 Å². The molecule has 196 valence electrons. The van der Waals surface area contributed by atoms with Gasteiger partial charge in [-0.1, -0.05) is 71.7 Å². The summed E-state index contributed by atoms with van der Waals surface area (Å²) in [4.78, 5) is 33.8. The molecule has 39 heavy (non-hydrogen) atoms. The Morgan fingerprint density at radius 2 is 1.77 bits per heavy atom. The first-order valence-electron chi connectivity index (χ1n) is 13.1. The van der Waals surface area contributed by atoms with Gasteiger partial charge in [0, 0.05) is 17.6 Å². The first-order valence-corrected chi connectivity index (χ1v) is 13.8. The van der Waals surface area contributed by atoms with Crippen LogP contribution in [-0.4, -0.2) is 29.5 Å². The summed E-state index contributed by atoms with van der Waals surface area (Å²) in [5.41, 5.74) is 6.55. The van der Waals surface area contributed by atoms with Crippen molar-refractivity contribution < 1.29 is 14.3 Å². The summed E-state index contributed by atoms with van der Waals surface area (Å²) >= 11 is 12.7. The van der Waals surface area contributed by atoms with Crippen LogP contribution in [0.4, 0.5) is 5.69 Å². The number of esters is 1. The number of para-hydroxylation sites is 2. The number of amides is 1. The van der Waals surface area contributed by atoms with E-state index in [2.05, 4.69) is 0 Å². The molecule has 0 spiro atoms. The van der Waals surface area contributed by atoms with Crippen LogP contribution in [0.1, 0.15) is 52.5 Å². The van der Waals surface area contributed by atoms with Gasteiger partial charge in [0.1, 0.15) is 0 Å². The maximum Gasteiger partial charge on any atom is 0.339 e. The minimum absolute atomic E-state index is 0.225. The Hall–Kier alpha value is -3.67. The molecule has 7 heteroatoms. The van der Waals surface area contributed by atoms with Crippen LogP contribution >= 0.6 is 23.2 Å². The molecule has 1 aliphatic carbocycles. The van der Waals surface area contributed by atoms with Crippen LogP contribution < -0.4 is 4.90 Å². The maximum absolute atomic E-state index is 13.8. The van der Waals surface area contributed by atoms with Crippen molar-refractivity contribution in [3.05, 3.63) is 105 Å². The molecule has 1 atom stereocenters. The third-order valence-electron chi connectivity index (χ3n) is 7.47. The summed E-state index contributed by atoms with van der Waals surface area (Å²) < 4.78 is 5.87. The zero-order valence-corrected chi connectivity index (χ0v) is 22.9. The largest absolute Gasteiger partial charge is 0.449 e. The van der Waals surface area contributed by atoms with Gasteiger partial charge in [0.2, 0.25) is 0 Å². The molecule has 3 aromatic carbocycles. The average Bonchev–Trinajstić information content (AvgIpc) is 3.38. The molecule has 1 amide bonds. The van der Waals surface area contributed by atoms with Crippen LogP contribution in [0.5, 0.6) is 0 Å². The Morgan fingerprint density at radius 1 is 0.974 bits per heavy atom. The lowest BCUT2D eigenvalue weighted by Gasteiger charge is -2.25. The highest BCUT2D eigenvalue weighted by molar-refractivity contribution is 6.43. The number of aromatic nitrogens is 1. The molecular weight excluding hydrogens is 531 g/mol. The SMILES string of the molecule is C[C@@H](OC(=O)c1c2c(nc3ccccc13)/C(=C/c1cccc(Cl)c1Cl)CCC2)C(=O)N1CCc2ccccc21. The fourth-order valence-electron chi connectivity index (χ4n) is 5.58. The van der Waals surface area contributed by atoms with Crippen molar-refractivity contribution in [2.75, 3.05) is 11.4 Å². The summed E-state index contributed by atoms with van der Waals surface area (Å²) in [6.07, 6.45) is 4.17. The summed E-state index contributed by atoms with van der Waals surface area (Å²) in [6, 6.07) is 20.9. The van der Waals surface area contributed by atoms with E-state index in [-0.39, 0.29) is 5.91 Å². The average molecular weight is 557 g/mol. The van der Waals surface area contributed by atoms with Gasteiger partial charge in [0.05, 0.1) is 26.8 Å². The molecule has 0 bridgehead atoms. The zero-order valence-electron chi connectivity index (χ0n) is 21.4. The van der Waals surface area contributed by atoms with Gasteiger partial charge in [-0.2, -0.15) is 0 Å². The Labute approximate surface area is 237 Å². The van der Waals surface area contributed by atoms with Crippen molar-refractivity contribution in [3.63, 3.8) is 0 Å². The number of fused-ring (bicyclic) bond motifs is 3. The van der Waals surface area contributed by atoms with Crippen LogP contribution in [-0.2, 0) is 22.4 Å². The second kappa shape index (κ2) is 10.5. The number of pyridine rings is 1. The number of benzene rings is 3. The molecule has 0 radical (unpaired) electrons. The van der Waals surface area contributed by atoms with Gasteiger partial charge in [0.25, 0.3) is 5.91 Å². The standard InChI is InChI=1S/C32H26Cl2N2O3/c1-19(31(37)36-17-16-20-8-2-5-15-27(20)36)39-32(38)28-23-11-3-4-14-26(23)35-30-22(10-6-12-24(28)30)18-21-9-7-13-25(33)29(21)34/h2-5,7-9,11,13-15,18-19H,6,10,12,16-17H2,1H3/b22-18+/t19-/m1/s1. The predicted molar refractivity (Wildman–Crippen MR) is 156 cm³/mol. The van der Waals surface area contributed by atoms with Crippen LogP contribution in [0, 0.1) is 0 Å². The number of hydrogen-bond acceptors (Lipinski definition) is 4. The van der Waals surface area contributed by atoms with Crippen molar-refractivity contribution in [1.82, 2.24) is 4.98 Å². The third-order valence-corrected chi connectivity index (χ3v) is 8.30. The molecule has 0 unspecified atom stereocenters. The van der Waals surface area contributed by atoms with E-state index >= 15 is 0 Å². The molecule has 6 rings (SSSR count). The summed E-state index contributed by atoms with van der Waals surface area (Å²) in [6.45, 7) is 2.22. The molecule has 1 aliphatic heterocycles. The highest BCUT2D eigenvalue weighted by atomic mass is 35.5. The Kier molecular flexibility index (Phi) is 6.88. The number of carbonyl (C=O) groups is 2. The fourth-order valence-corrected chi connectivity index (χ4v) is 5.95. The smallest absolute Gasteiger partial charge is 0.339 e. The van der Waals surface area contributed by atoms with E-state index in [4.69, 9.17) is 32.9 Å². The van der Waals surface area contributed by atoms with E-state index in [9.17, 15) is 9.59 Å². The summed E-state index contributed by atoms with van der Waals surface area (Å²) in [5.74, 6) is -0.739. The molecule has 0 saturated carbocycles. The highest BCUT2D eigenvalue weighted by Gasteiger charge is 2.32. The van der Waals surface area contributed by atoms with E-state index in [1.807, 2.05) is 66.7 Å². The molecule has 2 aliphatic rings. The van der Waals surface area contributed by atoms with Crippen LogP contribution in [0.15, 0.2) is 66.7 Å². The lowest BCUT2D eigenvalue weighted by atomic mass is 9.86. The molecule has 1 aromatic heterocycles. The van der Waals surface area contributed by atoms with Gasteiger partial charge in [-0.05, 0) is 79.1 Å². The number of anilines is 1. The minimum Gasteiger partial charge on any atom is -0.449 e. The van der Waals surface area contributed by atoms with Crippen LogP contribution in [0.3, 0.4) is 0 Å². The number of hydrogen-bond donors (Lipinski definition) is 0. The van der Waals surface area contributed by atoms with Crippen molar-refractivity contribution in [2.24, 2.45) is 0 Å². The predicted octanol–water partition coefficient (Wildman–Crippen LogP) is 7.55. The number of rotatable bonds is 4. The van der Waals surface area contributed by atoms with E-state index in [0.29, 0.717) is 34.1 Å². The molecule has 0 N–H and O–H groups in total. The number of nitrogens with zero attached hydrogens (tertiary/aromatic N) is 2. The van der Waals surface area contributed by atoms with E-state index < -0.39 is 12.1 Å². The van der Waals surface area contributed by atoms with Gasteiger partial charge in [-0.15, -0.1) is 0 Å². The second-order valence-electron chi connectivity index (χ2n) is 9.91. The number of halogens is 2. The Morgan fingerprint density at radius 3 is 2.64 bits per heavy atom. The van der Waals surface area contributed by atoms with Gasteiger partial charge < -0.3 is 9.64 Å². The number of allylic oxidation sites excluding steroid dienone is 1. The van der Waals surface area contributed by atoms with Gasteiger partial charge in [-0.25, -0.2) is 9.78 Å². The van der Waals surface area contributed by atoms with Crippen molar-refractivity contribution in [3.8, 4) is 0 Å². The fraction of sp³-hybridized carbons (Fsp3) is 0.219. The molecular formula is C32H26Cl2N2O3. The second-order valence-corrected chi connectivity index (χ2v) is 10.7. The number of carbonyl (C=O) groups excluding carboxylic acids is 2. The monoisotopic (exact) mass is 556 g/mol. The van der Waals surface area contributed by atoms with Gasteiger partial charge in [0.15, 0.2) is 6.10 Å². The Bertz CT molecular complexity index is 1660. The summed E-state index contributed by atoms with van der Waals surface area (Å²) in [5, 5.41) is 1.68. The van der Waals surface area contributed by atoms with Crippen LogP contribution in [0.2, 0.25) is 10.0 Å². The quantitative estimate of drug-likeness (QED) is 0.243. The van der Waals surface area contributed by atoms with E-state index in [1.54, 1.807) is 17.9 Å². The van der Waals surface area contributed by atoms with Crippen LogP contribution in [0.25, 0.3) is 22.6 Å². The molecule has 5 nitrogen and oxygen atoms in total. The molecule has 0 saturated heterocycles. The third kappa shape index (κ3) is 4.70. The van der Waals surface area contributed by atoms with E-state index in [1.165, 1.54) is 0 Å². The lowest BCUT2D eigenvalue weighted by Crippen LogP contribution is -2.39. The molecule has 0 fully saturated rings. The minimum atomic E-state index is -0.935. The lowest BCUT2D eigenvalue weighted by molar-refractivity contribution is -0.126. The van der Waals surface area contributed by atoms with Crippen molar-refractivity contribution in [1.29, 1.82) is 0 Å². The van der Waals surface area contributed by atoms with E-state index in [0.717, 1.165) is 58.3 Å². The van der Waals surface area contributed by atoms with Gasteiger partial charge in [-0.3, -0.25) is 4.79 Å². The normalized spacial score (nSPS) is 16.2. The Balaban J connectivity index is 1.37. The molecule has 4 aromatic rings. The molecule has 2 heterocycles. The van der Waals surface area contributed by atoms with Crippen molar-refractivity contribution in [2.45, 2.75) is 38.7 Å². The maximum atomic E-state index is 13.8.